The molecule has 0 aliphatic carbocycles. The number of ether oxygens (including phenoxy) is 1. The molecular formula is C19H22FNO2S. The van der Waals surface area contributed by atoms with Crippen molar-refractivity contribution in [1.29, 1.82) is 0 Å². The highest BCUT2D eigenvalue weighted by Crippen LogP contribution is 2.16. The Morgan fingerprint density at radius 2 is 1.71 bits per heavy atom. The molecule has 0 aliphatic rings. The molecule has 2 aromatic rings. The van der Waals surface area contributed by atoms with E-state index in [1.807, 2.05) is 51.1 Å². The lowest BCUT2D eigenvalue weighted by Gasteiger charge is -2.16. The molecule has 0 N–H and O–H groups in total. The van der Waals surface area contributed by atoms with Gasteiger partial charge >= 0.3 is 0 Å². The Morgan fingerprint density at radius 1 is 1.08 bits per heavy atom. The summed E-state index contributed by atoms with van der Waals surface area (Å²) in [5.41, 5.74) is 1.70. The highest BCUT2D eigenvalue weighted by molar-refractivity contribution is 7.85. The van der Waals surface area contributed by atoms with Gasteiger partial charge in [0.25, 0.3) is 0 Å². The van der Waals surface area contributed by atoms with E-state index in [-0.39, 0.29) is 6.61 Å². The summed E-state index contributed by atoms with van der Waals surface area (Å²) in [4.78, 5) is 0. The van der Waals surface area contributed by atoms with Crippen molar-refractivity contribution in [3.05, 3.63) is 71.5 Å². The number of halogens is 1. The maximum atomic E-state index is 14.1. The van der Waals surface area contributed by atoms with Crippen LogP contribution in [0, 0.1) is 5.82 Å². The molecule has 0 bridgehead atoms. The first kappa shape index (κ1) is 18.5. The van der Waals surface area contributed by atoms with Crippen LogP contribution in [0.5, 0.6) is 0 Å². The third-order valence-electron chi connectivity index (χ3n) is 3.25. The van der Waals surface area contributed by atoms with E-state index in [9.17, 15) is 8.60 Å². The molecule has 0 aliphatic heterocycles. The van der Waals surface area contributed by atoms with Crippen molar-refractivity contribution in [3.8, 4) is 0 Å². The smallest absolute Gasteiger partial charge is 0.145 e. The topological polar surface area (TPSA) is 38.7 Å². The van der Waals surface area contributed by atoms with Gasteiger partial charge in [-0.05, 0) is 32.4 Å². The molecule has 24 heavy (non-hydrogen) atoms. The standard InChI is InChI=1S/C19H22FNO2S/c1-19(2,3)24(22)21-18(16-11-7-8-12-17(16)20)14-23-13-15-9-5-4-6-10-15/h4-12H,13-14H2,1-3H3/t24-/m1/s1. The Labute approximate surface area is 145 Å². The highest BCUT2D eigenvalue weighted by Gasteiger charge is 2.21. The fraction of sp³-hybridized carbons (Fsp3) is 0.316. The summed E-state index contributed by atoms with van der Waals surface area (Å²) in [5, 5.41) is 0. The van der Waals surface area contributed by atoms with E-state index in [4.69, 9.17) is 4.74 Å². The molecule has 3 nitrogen and oxygen atoms in total. The molecule has 0 amide bonds. The lowest BCUT2D eigenvalue weighted by atomic mass is 10.1. The number of rotatable bonds is 6. The average molecular weight is 347 g/mol. The Morgan fingerprint density at radius 3 is 2.33 bits per heavy atom. The van der Waals surface area contributed by atoms with Crippen LogP contribution in [0.25, 0.3) is 0 Å². The predicted molar refractivity (Wildman–Crippen MR) is 96.9 cm³/mol. The first-order valence-corrected chi connectivity index (χ1v) is 8.85. The summed E-state index contributed by atoms with van der Waals surface area (Å²) in [6, 6.07) is 16.0. The van der Waals surface area contributed by atoms with Gasteiger partial charge in [0.1, 0.15) is 16.8 Å². The lowest BCUT2D eigenvalue weighted by Crippen LogP contribution is -2.23. The highest BCUT2D eigenvalue weighted by atomic mass is 32.2. The van der Waals surface area contributed by atoms with E-state index in [0.717, 1.165) is 5.56 Å². The monoisotopic (exact) mass is 347 g/mol. The van der Waals surface area contributed by atoms with Crippen molar-refractivity contribution in [2.45, 2.75) is 32.1 Å². The van der Waals surface area contributed by atoms with Gasteiger partial charge in [0.15, 0.2) is 0 Å². The summed E-state index contributed by atoms with van der Waals surface area (Å²) in [6.45, 7) is 5.97. The Hall–Kier alpha value is -1.85. The van der Waals surface area contributed by atoms with Gasteiger partial charge in [-0.2, -0.15) is 4.40 Å². The van der Waals surface area contributed by atoms with Crippen LogP contribution in [-0.2, 0) is 22.3 Å². The van der Waals surface area contributed by atoms with E-state index in [2.05, 4.69) is 4.40 Å². The zero-order valence-electron chi connectivity index (χ0n) is 14.2. The van der Waals surface area contributed by atoms with Gasteiger partial charge in [0.2, 0.25) is 0 Å². The van der Waals surface area contributed by atoms with E-state index in [1.54, 1.807) is 18.2 Å². The fourth-order valence-electron chi connectivity index (χ4n) is 1.93. The third-order valence-corrected chi connectivity index (χ3v) is 4.69. The Kier molecular flexibility index (Phi) is 6.40. The van der Waals surface area contributed by atoms with Crippen LogP contribution in [-0.4, -0.2) is 21.3 Å². The summed E-state index contributed by atoms with van der Waals surface area (Å²) in [5.74, 6) is -0.398. The van der Waals surface area contributed by atoms with E-state index >= 15 is 0 Å². The molecule has 128 valence electrons. The first-order valence-electron chi connectivity index (χ1n) is 7.74. The second-order valence-corrected chi connectivity index (χ2v) is 8.26. The Balaban J connectivity index is 2.19. The largest absolute Gasteiger partial charge is 0.370 e. The van der Waals surface area contributed by atoms with Gasteiger partial charge in [0.05, 0.1) is 23.7 Å². The van der Waals surface area contributed by atoms with Gasteiger partial charge in [0, 0.05) is 5.56 Å². The van der Waals surface area contributed by atoms with Crippen LogP contribution in [0.15, 0.2) is 59.0 Å². The van der Waals surface area contributed by atoms with Crippen LogP contribution < -0.4 is 0 Å². The number of nitrogens with zero attached hydrogens (tertiary/aromatic N) is 1. The number of hydrogen-bond donors (Lipinski definition) is 0. The number of hydrogen-bond acceptors (Lipinski definition) is 2. The van der Waals surface area contributed by atoms with Crippen LogP contribution in [0.1, 0.15) is 31.9 Å². The van der Waals surface area contributed by atoms with Crippen molar-refractivity contribution >= 4 is 16.7 Å². The van der Waals surface area contributed by atoms with Gasteiger partial charge < -0.3 is 4.74 Å². The van der Waals surface area contributed by atoms with Crippen LogP contribution in [0.2, 0.25) is 0 Å². The minimum Gasteiger partial charge on any atom is -0.370 e. The molecule has 5 heteroatoms. The fourth-order valence-corrected chi connectivity index (χ4v) is 2.55. The minimum atomic E-state index is -1.48. The molecule has 0 fully saturated rings. The second-order valence-electron chi connectivity index (χ2n) is 6.36. The van der Waals surface area contributed by atoms with Crippen molar-refractivity contribution in [2.75, 3.05) is 6.61 Å². The zero-order chi connectivity index (χ0) is 17.6. The normalized spacial score (nSPS) is 13.8. The summed E-state index contributed by atoms with van der Waals surface area (Å²) in [6.07, 6.45) is 0. The first-order chi connectivity index (χ1) is 11.4. The van der Waals surface area contributed by atoms with Crippen LogP contribution >= 0.6 is 0 Å². The van der Waals surface area contributed by atoms with Crippen molar-refractivity contribution in [3.63, 3.8) is 0 Å². The van der Waals surface area contributed by atoms with E-state index < -0.39 is 21.5 Å². The Bertz CT molecular complexity index is 724. The molecule has 0 aromatic heterocycles. The maximum absolute atomic E-state index is 14.1. The molecule has 0 unspecified atom stereocenters. The zero-order valence-corrected chi connectivity index (χ0v) is 15.0. The molecule has 0 saturated heterocycles. The summed E-state index contributed by atoms with van der Waals surface area (Å²) in [7, 11) is -1.48. The number of benzene rings is 2. The molecule has 2 aromatic carbocycles. The SMILES string of the molecule is CC(C)(C)[S@@](=O)N=C(COCc1ccccc1)c1ccccc1F. The van der Waals surface area contributed by atoms with E-state index in [1.165, 1.54) is 6.07 Å². The predicted octanol–water partition coefficient (Wildman–Crippen LogP) is 4.29. The van der Waals surface area contributed by atoms with Gasteiger partial charge in [-0.15, -0.1) is 0 Å². The maximum Gasteiger partial charge on any atom is 0.145 e. The van der Waals surface area contributed by atoms with Crippen molar-refractivity contribution in [2.24, 2.45) is 4.40 Å². The average Bonchev–Trinajstić information content (AvgIpc) is 2.54. The summed E-state index contributed by atoms with van der Waals surface area (Å²) >= 11 is 0. The van der Waals surface area contributed by atoms with Gasteiger partial charge in [-0.1, -0.05) is 48.5 Å². The van der Waals surface area contributed by atoms with Gasteiger partial charge in [-0.3, -0.25) is 0 Å². The van der Waals surface area contributed by atoms with Crippen LogP contribution in [0.3, 0.4) is 0 Å². The molecule has 1 atom stereocenters. The van der Waals surface area contributed by atoms with Crippen molar-refractivity contribution < 1.29 is 13.3 Å². The quantitative estimate of drug-likeness (QED) is 0.731. The molecule has 2 rings (SSSR count). The minimum absolute atomic E-state index is 0.0949. The molecule has 0 heterocycles. The molecule has 0 saturated carbocycles. The van der Waals surface area contributed by atoms with Gasteiger partial charge in [-0.25, -0.2) is 8.60 Å². The summed E-state index contributed by atoms with van der Waals surface area (Å²) < 4.78 is 35.8. The van der Waals surface area contributed by atoms with Crippen molar-refractivity contribution in [1.82, 2.24) is 0 Å². The lowest BCUT2D eigenvalue weighted by molar-refractivity contribution is 0.158. The second kappa shape index (κ2) is 8.31. The molecule has 0 radical (unpaired) electrons. The third kappa shape index (κ3) is 5.35. The molecule has 0 spiro atoms. The van der Waals surface area contributed by atoms with E-state index in [0.29, 0.717) is 17.9 Å². The molecular weight excluding hydrogens is 325 g/mol. The van der Waals surface area contributed by atoms with Crippen LogP contribution in [0.4, 0.5) is 4.39 Å².